The lowest BCUT2D eigenvalue weighted by atomic mass is 10.2. The molecule has 2 heterocycles. The van der Waals surface area contributed by atoms with E-state index in [0.29, 0.717) is 11.0 Å². The van der Waals surface area contributed by atoms with Crippen molar-refractivity contribution in [2.24, 2.45) is 0 Å². The second-order valence-electron chi connectivity index (χ2n) is 4.65. The lowest BCUT2D eigenvalue weighted by Crippen LogP contribution is -2.39. The Kier molecular flexibility index (Phi) is 5.57. The molecule has 1 aliphatic heterocycles. The van der Waals surface area contributed by atoms with E-state index < -0.39 is 0 Å². The molecule has 19 heavy (non-hydrogen) atoms. The van der Waals surface area contributed by atoms with E-state index in [0.717, 1.165) is 49.2 Å². The zero-order valence-corrected chi connectivity index (χ0v) is 13.7. The Labute approximate surface area is 127 Å². The van der Waals surface area contributed by atoms with Crippen LogP contribution >= 0.6 is 27.5 Å². The molecular formula is C13H19BrClN3O. The summed E-state index contributed by atoms with van der Waals surface area (Å²) in [4.78, 5) is 11.3. The molecule has 1 fully saturated rings. The Balaban J connectivity index is 2.19. The van der Waals surface area contributed by atoms with E-state index in [1.807, 2.05) is 0 Å². The van der Waals surface area contributed by atoms with E-state index in [1.165, 1.54) is 0 Å². The minimum Gasteiger partial charge on any atom is -0.368 e. The number of aryl methyl sites for hydroxylation is 1. The van der Waals surface area contributed by atoms with Crippen LogP contribution in [0.1, 0.15) is 37.9 Å². The normalized spacial score (nSPS) is 20.7. The first-order chi connectivity index (χ1) is 9.15. The first-order valence-corrected chi connectivity index (χ1v) is 7.88. The first kappa shape index (κ1) is 15.2. The second-order valence-corrected chi connectivity index (χ2v) is 5.80. The van der Waals surface area contributed by atoms with Crippen molar-refractivity contribution in [2.45, 2.75) is 32.8 Å². The molecule has 2 rings (SSSR count). The SMILES string of the molecule is CCCN1CCOC(c2nc(Cl)c(Br)c(CC)n2)C1. The summed E-state index contributed by atoms with van der Waals surface area (Å²) in [6.45, 7) is 7.88. The Morgan fingerprint density at radius 3 is 2.89 bits per heavy atom. The van der Waals surface area contributed by atoms with Gasteiger partial charge in [0.1, 0.15) is 11.3 Å². The summed E-state index contributed by atoms with van der Waals surface area (Å²) in [6, 6.07) is 0. The molecule has 0 spiro atoms. The van der Waals surface area contributed by atoms with E-state index in [1.54, 1.807) is 0 Å². The molecule has 0 radical (unpaired) electrons. The van der Waals surface area contributed by atoms with Crippen LogP contribution in [0, 0.1) is 0 Å². The topological polar surface area (TPSA) is 38.2 Å². The van der Waals surface area contributed by atoms with Gasteiger partial charge in [-0.25, -0.2) is 9.97 Å². The third kappa shape index (κ3) is 3.66. The van der Waals surface area contributed by atoms with Crippen molar-refractivity contribution in [3.63, 3.8) is 0 Å². The molecule has 1 unspecified atom stereocenters. The quantitative estimate of drug-likeness (QED) is 0.783. The fraction of sp³-hybridized carbons (Fsp3) is 0.692. The smallest absolute Gasteiger partial charge is 0.160 e. The van der Waals surface area contributed by atoms with Crippen molar-refractivity contribution in [1.29, 1.82) is 0 Å². The third-order valence-corrected chi connectivity index (χ3v) is 4.55. The van der Waals surface area contributed by atoms with Crippen molar-refractivity contribution in [2.75, 3.05) is 26.2 Å². The highest BCUT2D eigenvalue weighted by atomic mass is 79.9. The van der Waals surface area contributed by atoms with Crippen LogP contribution in [-0.4, -0.2) is 41.1 Å². The number of morpholine rings is 1. The number of aromatic nitrogens is 2. The summed E-state index contributed by atoms with van der Waals surface area (Å²) in [5, 5.41) is 0.470. The molecule has 0 aromatic carbocycles. The number of ether oxygens (including phenoxy) is 1. The average Bonchev–Trinajstić information content (AvgIpc) is 2.42. The van der Waals surface area contributed by atoms with Gasteiger partial charge in [-0.15, -0.1) is 0 Å². The van der Waals surface area contributed by atoms with Gasteiger partial charge in [-0.3, -0.25) is 4.90 Å². The van der Waals surface area contributed by atoms with Crippen molar-refractivity contribution in [3.05, 3.63) is 21.1 Å². The Hall–Kier alpha value is -0.230. The molecule has 0 aliphatic carbocycles. The average molecular weight is 349 g/mol. The van der Waals surface area contributed by atoms with E-state index in [9.17, 15) is 0 Å². The lowest BCUT2D eigenvalue weighted by molar-refractivity contribution is -0.0343. The maximum Gasteiger partial charge on any atom is 0.160 e. The predicted molar refractivity (Wildman–Crippen MR) is 79.5 cm³/mol. The Bertz CT molecular complexity index is 442. The van der Waals surface area contributed by atoms with Crippen molar-refractivity contribution < 1.29 is 4.74 Å². The van der Waals surface area contributed by atoms with Crippen LogP contribution in [0.15, 0.2) is 4.47 Å². The molecule has 1 atom stereocenters. The largest absolute Gasteiger partial charge is 0.368 e. The number of rotatable bonds is 4. The van der Waals surface area contributed by atoms with Crippen LogP contribution < -0.4 is 0 Å². The van der Waals surface area contributed by atoms with E-state index in [-0.39, 0.29) is 6.10 Å². The van der Waals surface area contributed by atoms with Crippen LogP contribution in [0.3, 0.4) is 0 Å². The van der Waals surface area contributed by atoms with Gasteiger partial charge in [-0.1, -0.05) is 25.4 Å². The molecule has 106 valence electrons. The molecule has 1 saturated heterocycles. The third-order valence-electron chi connectivity index (χ3n) is 3.21. The van der Waals surface area contributed by atoms with E-state index in [4.69, 9.17) is 16.3 Å². The molecule has 0 amide bonds. The summed E-state index contributed by atoms with van der Waals surface area (Å²) >= 11 is 9.57. The summed E-state index contributed by atoms with van der Waals surface area (Å²) in [5.41, 5.74) is 0.936. The molecule has 1 aromatic rings. The molecule has 1 aromatic heterocycles. The maximum atomic E-state index is 6.15. The number of hydrogen-bond acceptors (Lipinski definition) is 4. The zero-order chi connectivity index (χ0) is 13.8. The van der Waals surface area contributed by atoms with Crippen LogP contribution in [0.2, 0.25) is 5.15 Å². The minimum atomic E-state index is -0.0730. The highest BCUT2D eigenvalue weighted by Gasteiger charge is 2.25. The van der Waals surface area contributed by atoms with Crippen molar-refractivity contribution >= 4 is 27.5 Å². The molecule has 0 bridgehead atoms. The lowest BCUT2D eigenvalue weighted by Gasteiger charge is -2.32. The van der Waals surface area contributed by atoms with Gasteiger partial charge in [-0.05, 0) is 35.3 Å². The van der Waals surface area contributed by atoms with Gasteiger partial charge in [0.15, 0.2) is 5.82 Å². The molecule has 0 saturated carbocycles. The predicted octanol–water partition coefficient (Wildman–Crippen LogP) is 3.24. The molecule has 6 heteroatoms. The monoisotopic (exact) mass is 347 g/mol. The highest BCUT2D eigenvalue weighted by Crippen LogP contribution is 2.27. The van der Waals surface area contributed by atoms with Gasteiger partial charge in [-0.2, -0.15) is 0 Å². The zero-order valence-electron chi connectivity index (χ0n) is 11.3. The van der Waals surface area contributed by atoms with Gasteiger partial charge in [0.2, 0.25) is 0 Å². The number of halogens is 2. The number of hydrogen-bond donors (Lipinski definition) is 0. The van der Waals surface area contributed by atoms with Crippen molar-refractivity contribution in [3.8, 4) is 0 Å². The molecular weight excluding hydrogens is 330 g/mol. The Morgan fingerprint density at radius 1 is 1.42 bits per heavy atom. The molecule has 1 aliphatic rings. The van der Waals surface area contributed by atoms with Crippen molar-refractivity contribution in [1.82, 2.24) is 14.9 Å². The van der Waals surface area contributed by atoms with Crippen LogP contribution in [-0.2, 0) is 11.2 Å². The fourth-order valence-corrected chi connectivity index (χ4v) is 2.89. The highest BCUT2D eigenvalue weighted by molar-refractivity contribution is 9.10. The fourth-order valence-electron chi connectivity index (χ4n) is 2.24. The second kappa shape index (κ2) is 6.97. The van der Waals surface area contributed by atoms with Gasteiger partial charge < -0.3 is 4.74 Å². The summed E-state index contributed by atoms with van der Waals surface area (Å²) in [6.07, 6.45) is 1.90. The van der Waals surface area contributed by atoms with Gasteiger partial charge in [0.05, 0.1) is 16.8 Å². The summed E-state index contributed by atoms with van der Waals surface area (Å²) in [7, 11) is 0. The minimum absolute atomic E-state index is 0.0730. The van der Waals surface area contributed by atoms with E-state index in [2.05, 4.69) is 44.6 Å². The first-order valence-electron chi connectivity index (χ1n) is 6.71. The van der Waals surface area contributed by atoms with Crippen LogP contribution in [0.25, 0.3) is 0 Å². The van der Waals surface area contributed by atoms with Crippen LogP contribution in [0.4, 0.5) is 0 Å². The number of nitrogens with zero attached hydrogens (tertiary/aromatic N) is 3. The maximum absolute atomic E-state index is 6.15. The van der Waals surface area contributed by atoms with Gasteiger partial charge in [0.25, 0.3) is 0 Å². The summed E-state index contributed by atoms with van der Waals surface area (Å²) < 4.78 is 6.59. The standard InChI is InChI=1S/C13H19BrClN3O/c1-3-5-18-6-7-19-10(8-18)13-16-9(4-2)11(14)12(15)17-13/h10H,3-8H2,1-2H3. The van der Waals surface area contributed by atoms with Gasteiger partial charge in [0, 0.05) is 13.1 Å². The molecule has 4 nitrogen and oxygen atoms in total. The Morgan fingerprint density at radius 2 is 2.21 bits per heavy atom. The molecule has 0 N–H and O–H groups in total. The van der Waals surface area contributed by atoms with Gasteiger partial charge >= 0.3 is 0 Å². The van der Waals surface area contributed by atoms with E-state index >= 15 is 0 Å². The summed E-state index contributed by atoms with van der Waals surface area (Å²) in [5.74, 6) is 0.700. The van der Waals surface area contributed by atoms with Crippen LogP contribution in [0.5, 0.6) is 0 Å².